The summed E-state index contributed by atoms with van der Waals surface area (Å²) in [5, 5.41) is 15.0. The molecule has 1 aromatic heterocycles. The molecular weight excluding hydrogens is 212 g/mol. The predicted octanol–water partition coefficient (Wildman–Crippen LogP) is 2.48. The predicted molar refractivity (Wildman–Crippen MR) is 62.2 cm³/mol. The molecule has 1 unspecified atom stereocenters. The molecular formula is C11H19ClN2O. The number of halogens is 1. The van der Waals surface area contributed by atoms with Crippen molar-refractivity contribution in [3.63, 3.8) is 0 Å². The van der Waals surface area contributed by atoms with Gasteiger partial charge in [-0.3, -0.25) is 4.68 Å². The van der Waals surface area contributed by atoms with Crippen LogP contribution < -0.4 is 0 Å². The van der Waals surface area contributed by atoms with Crippen molar-refractivity contribution in [2.45, 2.75) is 45.6 Å². The van der Waals surface area contributed by atoms with Crippen LogP contribution in [0.1, 0.15) is 38.1 Å². The van der Waals surface area contributed by atoms with Crippen molar-refractivity contribution in [3.05, 3.63) is 16.4 Å². The zero-order chi connectivity index (χ0) is 11.6. The lowest BCUT2D eigenvalue weighted by molar-refractivity contribution is 0.0487. The summed E-state index contributed by atoms with van der Waals surface area (Å²) < 4.78 is 1.75. The zero-order valence-electron chi connectivity index (χ0n) is 9.84. The largest absolute Gasteiger partial charge is 0.390 e. The van der Waals surface area contributed by atoms with E-state index in [9.17, 15) is 5.11 Å². The second kappa shape index (κ2) is 4.54. The van der Waals surface area contributed by atoms with Gasteiger partial charge in [0.25, 0.3) is 0 Å². The molecule has 0 aliphatic heterocycles. The average Bonchev–Trinajstić information content (AvgIpc) is 2.32. The van der Waals surface area contributed by atoms with Gasteiger partial charge in [-0.1, -0.05) is 24.9 Å². The van der Waals surface area contributed by atoms with Crippen molar-refractivity contribution in [2.75, 3.05) is 0 Å². The van der Waals surface area contributed by atoms with Gasteiger partial charge in [-0.25, -0.2) is 0 Å². The second-order valence-corrected chi connectivity index (χ2v) is 4.77. The van der Waals surface area contributed by atoms with Crippen LogP contribution in [-0.4, -0.2) is 20.5 Å². The fraction of sp³-hybridized carbons (Fsp3) is 0.727. The summed E-state index contributed by atoms with van der Waals surface area (Å²) in [5.74, 6) is 0. The number of rotatable bonds is 4. The van der Waals surface area contributed by atoms with Crippen LogP contribution in [-0.2, 0) is 13.5 Å². The van der Waals surface area contributed by atoms with Crippen LogP contribution in [0.4, 0.5) is 0 Å². The van der Waals surface area contributed by atoms with E-state index in [-0.39, 0.29) is 0 Å². The lowest BCUT2D eigenvalue weighted by Crippen LogP contribution is -2.28. The molecule has 0 aliphatic rings. The summed E-state index contributed by atoms with van der Waals surface area (Å²) in [5.41, 5.74) is 1.03. The van der Waals surface area contributed by atoms with Crippen molar-refractivity contribution in [3.8, 4) is 0 Å². The van der Waals surface area contributed by atoms with E-state index in [2.05, 4.69) is 12.0 Å². The molecule has 15 heavy (non-hydrogen) atoms. The van der Waals surface area contributed by atoms with Gasteiger partial charge in [-0.05, 0) is 20.3 Å². The quantitative estimate of drug-likeness (QED) is 0.863. The van der Waals surface area contributed by atoms with E-state index in [1.807, 2.05) is 20.9 Å². The van der Waals surface area contributed by atoms with Crippen LogP contribution in [0.25, 0.3) is 0 Å². The molecule has 4 heteroatoms. The lowest BCUT2D eigenvalue weighted by atomic mass is 9.94. The monoisotopic (exact) mass is 230 g/mol. The summed E-state index contributed by atoms with van der Waals surface area (Å²) in [6, 6.07) is 0. The van der Waals surface area contributed by atoms with Crippen LogP contribution in [0.5, 0.6) is 0 Å². The minimum absolute atomic E-state index is 0.553. The highest BCUT2D eigenvalue weighted by molar-refractivity contribution is 6.31. The van der Waals surface area contributed by atoms with Gasteiger partial charge >= 0.3 is 0 Å². The molecule has 0 saturated heterocycles. The van der Waals surface area contributed by atoms with E-state index in [0.29, 0.717) is 11.4 Å². The summed E-state index contributed by atoms with van der Waals surface area (Å²) in [6.07, 6.45) is 2.28. The Morgan fingerprint density at radius 1 is 1.53 bits per heavy atom. The van der Waals surface area contributed by atoms with Gasteiger partial charge in [-0.2, -0.15) is 5.10 Å². The Balaban J connectivity index is 2.89. The topological polar surface area (TPSA) is 38.1 Å². The highest BCUT2D eigenvalue weighted by Crippen LogP contribution is 2.25. The maximum atomic E-state index is 10.1. The van der Waals surface area contributed by atoms with Gasteiger partial charge in [0.1, 0.15) is 0 Å². The number of aryl methyl sites for hydroxylation is 2. The third-order valence-electron chi connectivity index (χ3n) is 2.60. The fourth-order valence-corrected chi connectivity index (χ4v) is 2.09. The van der Waals surface area contributed by atoms with Crippen LogP contribution in [0.3, 0.4) is 0 Å². The molecule has 0 saturated carbocycles. The molecule has 0 spiro atoms. The van der Waals surface area contributed by atoms with E-state index in [1.165, 1.54) is 0 Å². The van der Waals surface area contributed by atoms with Crippen molar-refractivity contribution >= 4 is 11.6 Å². The Morgan fingerprint density at radius 3 is 2.53 bits per heavy atom. The van der Waals surface area contributed by atoms with Gasteiger partial charge in [0.05, 0.1) is 22.0 Å². The Kier molecular flexibility index (Phi) is 3.79. The van der Waals surface area contributed by atoms with Crippen molar-refractivity contribution in [1.82, 2.24) is 9.78 Å². The van der Waals surface area contributed by atoms with Crippen molar-refractivity contribution in [2.24, 2.45) is 7.05 Å². The highest BCUT2D eigenvalue weighted by atomic mass is 35.5. The van der Waals surface area contributed by atoms with Gasteiger partial charge in [0.15, 0.2) is 0 Å². The van der Waals surface area contributed by atoms with Crippen molar-refractivity contribution in [1.29, 1.82) is 0 Å². The highest BCUT2D eigenvalue weighted by Gasteiger charge is 2.24. The average molecular weight is 231 g/mol. The molecule has 1 atom stereocenters. The van der Waals surface area contributed by atoms with Gasteiger partial charge < -0.3 is 5.11 Å². The maximum Gasteiger partial charge on any atom is 0.0848 e. The molecule has 0 radical (unpaired) electrons. The second-order valence-electron chi connectivity index (χ2n) is 4.39. The first-order valence-electron chi connectivity index (χ1n) is 5.27. The number of nitrogens with zero attached hydrogens (tertiary/aromatic N) is 2. The first kappa shape index (κ1) is 12.5. The zero-order valence-corrected chi connectivity index (χ0v) is 10.6. The lowest BCUT2D eigenvalue weighted by Gasteiger charge is -2.22. The Labute approximate surface area is 96.1 Å². The molecule has 0 aliphatic carbocycles. The summed E-state index contributed by atoms with van der Waals surface area (Å²) in [7, 11) is 1.86. The Hall–Kier alpha value is -0.540. The molecule has 86 valence electrons. The number of hydrogen-bond donors (Lipinski definition) is 1. The Bertz CT molecular complexity index is 345. The first-order valence-corrected chi connectivity index (χ1v) is 5.65. The van der Waals surface area contributed by atoms with Crippen LogP contribution in [0.2, 0.25) is 5.02 Å². The fourth-order valence-electron chi connectivity index (χ4n) is 1.86. The molecule has 0 bridgehead atoms. The van der Waals surface area contributed by atoms with Gasteiger partial charge in [0.2, 0.25) is 0 Å². The van der Waals surface area contributed by atoms with E-state index in [1.54, 1.807) is 4.68 Å². The molecule has 0 fully saturated rings. The van der Waals surface area contributed by atoms with E-state index in [0.717, 1.165) is 24.2 Å². The minimum Gasteiger partial charge on any atom is -0.390 e. The standard InChI is InChI=1S/C11H19ClN2O/c1-5-6-11(3,15)7-9-10(12)8(2)13-14(9)4/h15H,5-7H2,1-4H3. The van der Waals surface area contributed by atoms with Gasteiger partial charge in [0, 0.05) is 13.5 Å². The molecule has 0 aromatic carbocycles. The van der Waals surface area contributed by atoms with Crippen LogP contribution in [0.15, 0.2) is 0 Å². The number of aromatic nitrogens is 2. The van der Waals surface area contributed by atoms with Crippen LogP contribution >= 0.6 is 11.6 Å². The third kappa shape index (κ3) is 2.95. The molecule has 1 rings (SSSR count). The van der Waals surface area contributed by atoms with Crippen molar-refractivity contribution < 1.29 is 5.11 Å². The number of hydrogen-bond acceptors (Lipinski definition) is 2. The summed E-state index contributed by atoms with van der Waals surface area (Å²) in [6.45, 7) is 5.78. The smallest absolute Gasteiger partial charge is 0.0848 e. The summed E-state index contributed by atoms with van der Waals surface area (Å²) in [4.78, 5) is 0. The van der Waals surface area contributed by atoms with E-state index < -0.39 is 5.60 Å². The Morgan fingerprint density at radius 2 is 2.13 bits per heavy atom. The third-order valence-corrected chi connectivity index (χ3v) is 3.09. The van der Waals surface area contributed by atoms with Crippen LogP contribution in [0, 0.1) is 6.92 Å². The van der Waals surface area contributed by atoms with E-state index >= 15 is 0 Å². The minimum atomic E-state index is -0.696. The molecule has 1 aromatic rings. The molecule has 1 N–H and O–H groups in total. The SMILES string of the molecule is CCCC(C)(O)Cc1c(Cl)c(C)nn1C. The van der Waals surface area contributed by atoms with Gasteiger partial charge in [-0.15, -0.1) is 0 Å². The first-order chi connectivity index (χ1) is 6.87. The molecule has 0 amide bonds. The maximum absolute atomic E-state index is 10.1. The summed E-state index contributed by atoms with van der Waals surface area (Å²) >= 11 is 6.13. The molecule has 1 heterocycles. The normalized spacial score (nSPS) is 15.3. The molecule has 3 nitrogen and oxygen atoms in total. The van der Waals surface area contributed by atoms with E-state index in [4.69, 9.17) is 11.6 Å². The number of aliphatic hydroxyl groups is 1.